The van der Waals surface area contributed by atoms with Gasteiger partial charge in [-0.25, -0.2) is 4.39 Å². The first kappa shape index (κ1) is 17.3. The Morgan fingerprint density at radius 1 is 1.04 bits per heavy atom. The second-order valence-corrected chi connectivity index (χ2v) is 7.94. The van der Waals surface area contributed by atoms with Gasteiger partial charge in [-0.2, -0.15) is 0 Å². The Balaban J connectivity index is 1.81. The van der Waals surface area contributed by atoms with Crippen LogP contribution in [0.5, 0.6) is 0 Å². The summed E-state index contributed by atoms with van der Waals surface area (Å²) in [7, 11) is 0. The Bertz CT molecular complexity index is 856. The molecule has 0 spiro atoms. The van der Waals surface area contributed by atoms with Crippen molar-refractivity contribution in [3.63, 3.8) is 0 Å². The summed E-state index contributed by atoms with van der Waals surface area (Å²) in [6.07, 6.45) is 11.5. The lowest BCUT2D eigenvalue weighted by molar-refractivity contribution is 0.471. The molecular weight excluding hydrogens is 319 g/mol. The van der Waals surface area contributed by atoms with Gasteiger partial charge in [-0.15, -0.1) is 0 Å². The van der Waals surface area contributed by atoms with Crippen molar-refractivity contribution in [1.82, 2.24) is 0 Å². The molecule has 0 heterocycles. The van der Waals surface area contributed by atoms with Gasteiger partial charge in [-0.3, -0.25) is 0 Å². The molecule has 4 rings (SSSR count). The lowest BCUT2D eigenvalue weighted by atomic mass is 9.68. The molecule has 26 heavy (non-hydrogen) atoms. The topological polar surface area (TPSA) is 0 Å². The molecular formula is C25H27F. The fourth-order valence-corrected chi connectivity index (χ4v) is 4.64. The van der Waals surface area contributed by atoms with E-state index in [1.165, 1.54) is 16.7 Å². The van der Waals surface area contributed by atoms with E-state index in [0.717, 1.165) is 36.8 Å². The number of hydrogen-bond donors (Lipinski definition) is 0. The summed E-state index contributed by atoms with van der Waals surface area (Å²) >= 11 is 0. The van der Waals surface area contributed by atoms with Gasteiger partial charge in [-0.1, -0.05) is 68.5 Å². The van der Waals surface area contributed by atoms with Gasteiger partial charge in [0.15, 0.2) is 0 Å². The van der Waals surface area contributed by atoms with Crippen LogP contribution in [0.15, 0.2) is 66.3 Å². The fourth-order valence-electron chi connectivity index (χ4n) is 4.64. The first-order chi connectivity index (χ1) is 12.6. The third-order valence-corrected chi connectivity index (χ3v) is 5.97. The number of rotatable bonds is 3. The molecule has 2 aliphatic carbocycles. The molecule has 0 radical (unpaired) electrons. The van der Waals surface area contributed by atoms with Crippen molar-refractivity contribution in [2.75, 3.05) is 0 Å². The van der Waals surface area contributed by atoms with E-state index < -0.39 is 0 Å². The first-order valence-corrected chi connectivity index (χ1v) is 9.89. The van der Waals surface area contributed by atoms with Gasteiger partial charge in [0.2, 0.25) is 0 Å². The SMILES string of the molecule is CC(C)c1ccc(C2c3ccccc3CCC2C2=CCCC=C2)cc1F. The van der Waals surface area contributed by atoms with Gasteiger partial charge in [0.05, 0.1) is 0 Å². The van der Waals surface area contributed by atoms with E-state index in [0.29, 0.717) is 5.92 Å². The number of benzene rings is 2. The maximum atomic E-state index is 14.8. The van der Waals surface area contributed by atoms with Crippen LogP contribution in [0, 0.1) is 11.7 Å². The van der Waals surface area contributed by atoms with E-state index in [1.54, 1.807) is 6.07 Å². The van der Waals surface area contributed by atoms with Crippen LogP contribution in [0.4, 0.5) is 4.39 Å². The minimum atomic E-state index is -0.0625. The lowest BCUT2D eigenvalue weighted by Crippen LogP contribution is -2.23. The zero-order valence-electron chi connectivity index (χ0n) is 15.7. The molecule has 2 atom stereocenters. The molecule has 2 aliphatic rings. The van der Waals surface area contributed by atoms with Crippen molar-refractivity contribution in [3.05, 3.63) is 94.3 Å². The van der Waals surface area contributed by atoms with Crippen molar-refractivity contribution in [3.8, 4) is 0 Å². The highest BCUT2D eigenvalue weighted by Crippen LogP contribution is 2.45. The molecule has 2 aromatic carbocycles. The van der Waals surface area contributed by atoms with E-state index in [9.17, 15) is 4.39 Å². The predicted octanol–water partition coefficient (Wildman–Crippen LogP) is 6.92. The fraction of sp³-hybridized carbons (Fsp3) is 0.360. The number of aryl methyl sites for hydroxylation is 1. The normalized spacial score (nSPS) is 22.2. The zero-order chi connectivity index (χ0) is 18.1. The van der Waals surface area contributed by atoms with Crippen LogP contribution < -0.4 is 0 Å². The van der Waals surface area contributed by atoms with E-state index in [4.69, 9.17) is 0 Å². The molecule has 0 saturated carbocycles. The van der Waals surface area contributed by atoms with Crippen molar-refractivity contribution in [1.29, 1.82) is 0 Å². The monoisotopic (exact) mass is 346 g/mol. The highest BCUT2D eigenvalue weighted by molar-refractivity contribution is 5.46. The average Bonchev–Trinajstić information content (AvgIpc) is 2.67. The molecule has 0 N–H and O–H groups in total. The maximum Gasteiger partial charge on any atom is 0.126 e. The third-order valence-electron chi connectivity index (χ3n) is 5.97. The molecule has 134 valence electrons. The van der Waals surface area contributed by atoms with Crippen LogP contribution in [-0.2, 0) is 6.42 Å². The Hall–Kier alpha value is -2.15. The van der Waals surface area contributed by atoms with E-state index >= 15 is 0 Å². The highest BCUT2D eigenvalue weighted by Gasteiger charge is 2.33. The van der Waals surface area contributed by atoms with Crippen LogP contribution in [0.25, 0.3) is 0 Å². The number of halogens is 1. The van der Waals surface area contributed by atoms with Crippen LogP contribution in [0.2, 0.25) is 0 Å². The molecule has 0 amide bonds. The van der Waals surface area contributed by atoms with Crippen LogP contribution in [0.3, 0.4) is 0 Å². The van der Waals surface area contributed by atoms with Crippen molar-refractivity contribution in [2.24, 2.45) is 5.92 Å². The number of hydrogen-bond acceptors (Lipinski definition) is 0. The predicted molar refractivity (Wildman–Crippen MR) is 107 cm³/mol. The second-order valence-electron chi connectivity index (χ2n) is 7.94. The van der Waals surface area contributed by atoms with Crippen molar-refractivity contribution >= 4 is 0 Å². The molecule has 0 saturated heterocycles. The molecule has 2 unspecified atom stereocenters. The number of allylic oxidation sites excluding steroid dienone is 4. The molecule has 1 heteroatoms. The first-order valence-electron chi connectivity index (χ1n) is 9.89. The van der Waals surface area contributed by atoms with Crippen LogP contribution >= 0.6 is 0 Å². The summed E-state index contributed by atoms with van der Waals surface area (Å²) in [5.74, 6) is 0.824. The average molecular weight is 346 g/mol. The van der Waals surface area contributed by atoms with Gasteiger partial charge in [0.1, 0.15) is 5.82 Å². The minimum absolute atomic E-state index is 0.0625. The van der Waals surface area contributed by atoms with E-state index in [2.05, 4.69) is 62.4 Å². The van der Waals surface area contributed by atoms with Gasteiger partial charge in [0, 0.05) is 5.92 Å². The molecule has 0 aromatic heterocycles. The standard InChI is InChI=1S/C25H27F/c1-17(2)21-14-13-20(16-24(21)26)25-22-11-7-6-10-19(22)12-15-23(25)18-8-4-3-5-9-18/h4,6-11,13-14,16-17,23,25H,3,5,12,15H2,1-2H3. The molecule has 0 fully saturated rings. The van der Waals surface area contributed by atoms with Gasteiger partial charge in [-0.05, 0) is 71.4 Å². The number of fused-ring (bicyclic) bond motifs is 1. The van der Waals surface area contributed by atoms with Crippen LogP contribution in [0.1, 0.15) is 67.2 Å². The lowest BCUT2D eigenvalue weighted by Gasteiger charge is -2.36. The molecule has 0 nitrogen and oxygen atoms in total. The Kier molecular flexibility index (Phi) is 4.80. The Labute approximate surface area is 156 Å². The van der Waals surface area contributed by atoms with E-state index in [1.807, 2.05) is 6.07 Å². The molecule has 0 aliphatic heterocycles. The summed E-state index contributed by atoms with van der Waals surface area (Å²) in [5, 5.41) is 0. The Morgan fingerprint density at radius 3 is 2.62 bits per heavy atom. The summed E-state index contributed by atoms with van der Waals surface area (Å²) in [6, 6.07) is 14.7. The third kappa shape index (κ3) is 3.16. The maximum absolute atomic E-state index is 14.8. The smallest absolute Gasteiger partial charge is 0.126 e. The van der Waals surface area contributed by atoms with Crippen molar-refractivity contribution < 1.29 is 4.39 Å². The summed E-state index contributed by atoms with van der Waals surface area (Å²) in [6.45, 7) is 4.10. The molecule has 0 bridgehead atoms. The Morgan fingerprint density at radius 2 is 1.88 bits per heavy atom. The van der Waals surface area contributed by atoms with Gasteiger partial charge < -0.3 is 0 Å². The molecule has 2 aromatic rings. The largest absolute Gasteiger partial charge is 0.207 e. The minimum Gasteiger partial charge on any atom is -0.207 e. The van der Waals surface area contributed by atoms with Crippen molar-refractivity contribution in [2.45, 2.75) is 51.4 Å². The van der Waals surface area contributed by atoms with Gasteiger partial charge in [0.25, 0.3) is 0 Å². The van der Waals surface area contributed by atoms with Crippen LogP contribution in [-0.4, -0.2) is 0 Å². The van der Waals surface area contributed by atoms with E-state index in [-0.39, 0.29) is 17.7 Å². The summed E-state index contributed by atoms with van der Waals surface area (Å²) < 4.78 is 14.8. The summed E-state index contributed by atoms with van der Waals surface area (Å²) in [4.78, 5) is 0. The second kappa shape index (κ2) is 7.23. The summed E-state index contributed by atoms with van der Waals surface area (Å²) in [5.41, 5.74) is 6.15. The van der Waals surface area contributed by atoms with Gasteiger partial charge >= 0.3 is 0 Å². The quantitative estimate of drug-likeness (QED) is 0.566. The highest BCUT2D eigenvalue weighted by atomic mass is 19.1. The zero-order valence-corrected chi connectivity index (χ0v) is 15.7.